The molecule has 1 spiro atoms. The summed E-state index contributed by atoms with van der Waals surface area (Å²) in [4.78, 5) is 14.6. The number of nitrogens with one attached hydrogen (secondary N) is 1. The molecule has 9 nitrogen and oxygen atoms in total. The van der Waals surface area contributed by atoms with Crippen LogP contribution < -0.4 is 4.72 Å². The molecule has 1 aliphatic carbocycles. The Morgan fingerprint density at radius 2 is 2.10 bits per heavy atom. The van der Waals surface area contributed by atoms with Crippen molar-refractivity contribution in [1.29, 1.82) is 0 Å². The van der Waals surface area contributed by atoms with Crippen molar-refractivity contribution in [2.45, 2.75) is 77.2 Å². The van der Waals surface area contributed by atoms with Crippen LogP contribution in [0.4, 0.5) is 0 Å². The first-order valence-corrected chi connectivity index (χ1v) is 12.4. The minimum atomic E-state index is -3.30. The van der Waals surface area contributed by atoms with E-state index < -0.39 is 15.6 Å². The molecule has 1 N–H and O–H groups in total. The van der Waals surface area contributed by atoms with E-state index in [9.17, 15) is 13.2 Å². The summed E-state index contributed by atoms with van der Waals surface area (Å²) in [6.45, 7) is 4.15. The molecule has 1 atom stereocenters. The predicted molar refractivity (Wildman–Crippen MR) is 106 cm³/mol. The second-order valence-electron chi connectivity index (χ2n) is 8.67. The van der Waals surface area contributed by atoms with Crippen LogP contribution in [0.1, 0.15) is 63.3 Å². The summed E-state index contributed by atoms with van der Waals surface area (Å²) in [5.74, 6) is 0.890. The van der Waals surface area contributed by atoms with Crippen LogP contribution in [-0.4, -0.2) is 58.7 Å². The number of ether oxygens (including phenoxy) is 1. The summed E-state index contributed by atoms with van der Waals surface area (Å²) in [6.07, 6.45) is 6.86. The van der Waals surface area contributed by atoms with Gasteiger partial charge in [0, 0.05) is 13.0 Å². The van der Waals surface area contributed by atoms with E-state index in [0.717, 1.165) is 18.7 Å². The Morgan fingerprint density at radius 1 is 1.31 bits per heavy atom. The highest BCUT2D eigenvalue weighted by molar-refractivity contribution is 7.89. The van der Waals surface area contributed by atoms with Gasteiger partial charge in [0.2, 0.25) is 15.9 Å². The van der Waals surface area contributed by atoms with Crippen molar-refractivity contribution in [2.75, 3.05) is 18.8 Å². The van der Waals surface area contributed by atoms with Gasteiger partial charge in [-0.05, 0) is 31.6 Å². The van der Waals surface area contributed by atoms with Gasteiger partial charge in [-0.3, -0.25) is 4.79 Å². The number of aromatic nitrogens is 3. The second kappa shape index (κ2) is 8.31. The largest absolute Gasteiger partial charge is 0.365 e. The molecule has 4 rings (SSSR count). The number of likely N-dealkylation sites (tertiary alicyclic amines) is 1. The molecule has 2 aliphatic heterocycles. The molecule has 1 saturated heterocycles. The molecule has 3 heterocycles. The third-order valence-electron chi connectivity index (χ3n) is 6.41. The first kappa shape index (κ1) is 20.7. The lowest BCUT2D eigenvalue weighted by Gasteiger charge is -2.34. The monoisotopic (exact) mass is 425 g/mol. The molecule has 162 valence electrons. The van der Waals surface area contributed by atoms with Gasteiger partial charge < -0.3 is 9.64 Å². The fraction of sp³-hybridized carbons (Fsp3) is 0.842. The van der Waals surface area contributed by atoms with Crippen molar-refractivity contribution in [3.05, 3.63) is 11.4 Å². The normalized spacial score (nSPS) is 25.1. The van der Waals surface area contributed by atoms with E-state index in [1.807, 2.05) is 16.5 Å². The number of fused-ring (bicyclic) bond motifs is 1. The van der Waals surface area contributed by atoms with Crippen LogP contribution in [0.15, 0.2) is 0 Å². The fourth-order valence-corrected chi connectivity index (χ4v) is 5.78. The number of hydrogen-bond acceptors (Lipinski definition) is 6. The molecule has 0 bridgehead atoms. The third kappa shape index (κ3) is 4.64. The van der Waals surface area contributed by atoms with E-state index in [1.165, 1.54) is 25.7 Å². The Kier molecular flexibility index (Phi) is 5.94. The first-order valence-electron chi connectivity index (χ1n) is 10.7. The summed E-state index contributed by atoms with van der Waals surface area (Å²) in [7, 11) is -3.30. The van der Waals surface area contributed by atoms with Gasteiger partial charge in [0.05, 0.1) is 37.7 Å². The number of rotatable bonds is 7. The zero-order valence-electron chi connectivity index (χ0n) is 17.1. The molecule has 1 unspecified atom stereocenters. The van der Waals surface area contributed by atoms with Gasteiger partial charge in [-0.25, -0.2) is 17.8 Å². The zero-order chi connectivity index (χ0) is 20.5. The standard InChI is InChI=1S/C19H31N5O4S/c1-2-9-29(26,27)20-11-16-17-12-28-19(14-24(17)22-21-16)7-8-23(13-19)18(25)10-15-5-3-4-6-15/h15,20H,2-14H2,1H3. The average Bonchev–Trinajstić information content (AvgIpc) is 3.41. The number of carbonyl (C=O) groups is 1. The van der Waals surface area contributed by atoms with Gasteiger partial charge in [0.1, 0.15) is 11.3 Å². The smallest absolute Gasteiger partial charge is 0.222 e. The first-order chi connectivity index (χ1) is 13.9. The van der Waals surface area contributed by atoms with E-state index in [-0.39, 0.29) is 18.2 Å². The van der Waals surface area contributed by atoms with E-state index in [4.69, 9.17) is 4.74 Å². The summed E-state index contributed by atoms with van der Waals surface area (Å²) in [5.41, 5.74) is 1.00. The highest BCUT2D eigenvalue weighted by Crippen LogP contribution is 2.34. The van der Waals surface area contributed by atoms with Crippen molar-refractivity contribution in [3.63, 3.8) is 0 Å². The van der Waals surface area contributed by atoms with Gasteiger partial charge in [-0.15, -0.1) is 5.10 Å². The third-order valence-corrected chi connectivity index (χ3v) is 7.94. The molecule has 1 amide bonds. The predicted octanol–water partition coefficient (Wildman–Crippen LogP) is 1.19. The molecule has 1 aromatic rings. The molecule has 0 radical (unpaired) electrons. The Labute approximate surface area is 172 Å². The summed E-state index contributed by atoms with van der Waals surface area (Å²) in [6, 6.07) is 0. The van der Waals surface area contributed by atoms with E-state index in [0.29, 0.717) is 44.1 Å². The van der Waals surface area contributed by atoms with Crippen molar-refractivity contribution >= 4 is 15.9 Å². The minimum absolute atomic E-state index is 0.0980. The fourth-order valence-electron chi connectivity index (χ4n) is 4.75. The van der Waals surface area contributed by atoms with Gasteiger partial charge >= 0.3 is 0 Å². The lowest BCUT2D eigenvalue weighted by atomic mass is 10.0. The number of nitrogens with zero attached hydrogens (tertiary/aromatic N) is 4. The maximum atomic E-state index is 12.7. The molecular weight excluding hydrogens is 394 g/mol. The van der Waals surface area contributed by atoms with Crippen LogP contribution in [0.25, 0.3) is 0 Å². The second-order valence-corrected chi connectivity index (χ2v) is 10.6. The van der Waals surface area contributed by atoms with Crippen LogP contribution in [0.2, 0.25) is 0 Å². The molecule has 0 aromatic carbocycles. The van der Waals surface area contributed by atoms with Crippen LogP contribution >= 0.6 is 0 Å². The number of hydrogen-bond donors (Lipinski definition) is 1. The maximum absolute atomic E-state index is 12.7. The topological polar surface area (TPSA) is 106 Å². The maximum Gasteiger partial charge on any atom is 0.222 e. The summed E-state index contributed by atoms with van der Waals surface area (Å²) >= 11 is 0. The number of sulfonamides is 1. The van der Waals surface area contributed by atoms with Crippen LogP contribution in [0.5, 0.6) is 0 Å². The Bertz CT molecular complexity index is 849. The molecule has 1 saturated carbocycles. The minimum Gasteiger partial charge on any atom is -0.365 e. The van der Waals surface area contributed by atoms with Gasteiger partial charge in [0.15, 0.2) is 0 Å². The lowest BCUT2D eigenvalue weighted by molar-refractivity contribution is -0.134. The Balaban J connectivity index is 1.35. The van der Waals surface area contributed by atoms with Gasteiger partial charge in [-0.1, -0.05) is 25.0 Å². The van der Waals surface area contributed by atoms with Crippen molar-refractivity contribution in [1.82, 2.24) is 24.6 Å². The molecule has 1 aromatic heterocycles. The molecule has 29 heavy (non-hydrogen) atoms. The quantitative estimate of drug-likeness (QED) is 0.703. The van der Waals surface area contributed by atoms with Crippen LogP contribution in [-0.2, 0) is 39.3 Å². The number of carbonyl (C=O) groups excluding carboxylic acids is 1. The van der Waals surface area contributed by atoms with Crippen molar-refractivity contribution in [3.8, 4) is 0 Å². The lowest BCUT2D eigenvalue weighted by Crippen LogP contribution is -2.45. The highest BCUT2D eigenvalue weighted by Gasteiger charge is 2.45. The van der Waals surface area contributed by atoms with Crippen LogP contribution in [0.3, 0.4) is 0 Å². The molecule has 2 fully saturated rings. The Morgan fingerprint density at radius 3 is 2.86 bits per heavy atom. The SMILES string of the molecule is CCCS(=O)(=O)NCc1nnn2c1COC1(CCN(C(=O)CC3CCCC3)C1)C2. The summed E-state index contributed by atoms with van der Waals surface area (Å²) < 4.78 is 34.4. The van der Waals surface area contributed by atoms with Gasteiger partial charge in [0.25, 0.3) is 0 Å². The van der Waals surface area contributed by atoms with Crippen molar-refractivity contribution in [2.24, 2.45) is 5.92 Å². The van der Waals surface area contributed by atoms with Crippen LogP contribution in [0, 0.1) is 5.92 Å². The Hall–Kier alpha value is -1.52. The zero-order valence-corrected chi connectivity index (χ0v) is 17.9. The van der Waals surface area contributed by atoms with Crippen molar-refractivity contribution < 1.29 is 17.9 Å². The molecule has 10 heteroatoms. The molecular formula is C19H31N5O4S. The highest BCUT2D eigenvalue weighted by atomic mass is 32.2. The van der Waals surface area contributed by atoms with E-state index in [2.05, 4.69) is 15.0 Å². The summed E-state index contributed by atoms with van der Waals surface area (Å²) in [5, 5.41) is 8.39. The average molecular weight is 426 g/mol. The molecule has 3 aliphatic rings. The number of amides is 1. The van der Waals surface area contributed by atoms with E-state index in [1.54, 1.807) is 0 Å². The van der Waals surface area contributed by atoms with E-state index >= 15 is 0 Å². The van der Waals surface area contributed by atoms with Gasteiger partial charge in [-0.2, -0.15) is 0 Å².